The molecule has 4 N–H and O–H groups in total. The molecule has 2 atom stereocenters. The topological polar surface area (TPSA) is 106 Å². The van der Waals surface area contributed by atoms with E-state index in [1.807, 2.05) is 25.1 Å². The zero-order valence-corrected chi connectivity index (χ0v) is 18.6. The van der Waals surface area contributed by atoms with E-state index in [0.29, 0.717) is 23.6 Å². The Morgan fingerprint density at radius 1 is 1.17 bits per heavy atom. The van der Waals surface area contributed by atoms with Crippen LogP contribution in [-0.2, 0) is 4.79 Å². The number of nitrogens with one attached hydrogen (secondary N) is 2. The van der Waals surface area contributed by atoms with E-state index in [0.717, 1.165) is 24.8 Å². The standard InChI is InChI=1S/C21H26N4O3.2ClH/c1-13-6-7-17(25-20(26)14-4-3-5-15(22)11-14)19(10-13)28-16-8-9-24-18(12-16)21(27)23-2;;/h6-10,12,14-15H,3-5,11,22H2,1-2H3,(H,23,27)(H,25,26);2*1H. The van der Waals surface area contributed by atoms with Crippen LogP contribution >= 0.6 is 24.8 Å². The van der Waals surface area contributed by atoms with Gasteiger partial charge in [-0.3, -0.25) is 14.6 Å². The number of amides is 2. The second kappa shape index (κ2) is 11.7. The number of ether oxygens (including phenoxy) is 1. The molecular weight excluding hydrogens is 427 g/mol. The lowest BCUT2D eigenvalue weighted by atomic mass is 9.85. The highest BCUT2D eigenvalue weighted by atomic mass is 35.5. The summed E-state index contributed by atoms with van der Waals surface area (Å²) in [4.78, 5) is 28.5. The molecule has 30 heavy (non-hydrogen) atoms. The summed E-state index contributed by atoms with van der Waals surface area (Å²) in [5.74, 6) is 0.567. The van der Waals surface area contributed by atoms with E-state index in [9.17, 15) is 9.59 Å². The first-order valence-corrected chi connectivity index (χ1v) is 9.49. The van der Waals surface area contributed by atoms with Crippen LogP contribution in [0.4, 0.5) is 5.69 Å². The van der Waals surface area contributed by atoms with Gasteiger partial charge in [-0.05, 0) is 49.9 Å². The SMILES string of the molecule is CNC(=O)c1cc(Oc2cc(C)ccc2NC(=O)C2CCCC(N)C2)ccn1.Cl.Cl. The Morgan fingerprint density at radius 3 is 2.63 bits per heavy atom. The second-order valence-corrected chi connectivity index (χ2v) is 7.17. The van der Waals surface area contributed by atoms with Gasteiger partial charge in [0.05, 0.1) is 5.69 Å². The molecule has 0 radical (unpaired) electrons. The Hall–Kier alpha value is -2.35. The van der Waals surface area contributed by atoms with Crippen molar-refractivity contribution in [2.75, 3.05) is 12.4 Å². The van der Waals surface area contributed by atoms with Crippen molar-refractivity contribution < 1.29 is 14.3 Å². The average molecular weight is 455 g/mol. The van der Waals surface area contributed by atoms with Gasteiger partial charge in [-0.1, -0.05) is 12.5 Å². The van der Waals surface area contributed by atoms with Crippen molar-refractivity contribution in [3.8, 4) is 11.5 Å². The number of anilines is 1. The zero-order chi connectivity index (χ0) is 20.1. The van der Waals surface area contributed by atoms with Gasteiger partial charge in [0, 0.05) is 31.3 Å². The molecule has 0 aliphatic heterocycles. The Balaban J connectivity index is 0.00000225. The minimum absolute atomic E-state index is 0. The first kappa shape index (κ1) is 25.7. The van der Waals surface area contributed by atoms with E-state index in [1.165, 1.54) is 6.20 Å². The fraction of sp³-hybridized carbons (Fsp3) is 0.381. The molecule has 1 heterocycles. The van der Waals surface area contributed by atoms with Gasteiger partial charge in [0.1, 0.15) is 11.4 Å². The van der Waals surface area contributed by atoms with Gasteiger partial charge in [-0.15, -0.1) is 24.8 Å². The second-order valence-electron chi connectivity index (χ2n) is 7.17. The molecule has 1 aliphatic rings. The van der Waals surface area contributed by atoms with Crippen molar-refractivity contribution in [3.05, 3.63) is 47.8 Å². The number of nitrogens with two attached hydrogens (primary N) is 1. The van der Waals surface area contributed by atoms with Crippen molar-refractivity contribution in [3.63, 3.8) is 0 Å². The number of nitrogens with zero attached hydrogens (tertiary/aromatic N) is 1. The monoisotopic (exact) mass is 454 g/mol. The molecule has 0 saturated heterocycles. The predicted molar refractivity (Wildman–Crippen MR) is 122 cm³/mol. The Morgan fingerprint density at radius 2 is 1.93 bits per heavy atom. The summed E-state index contributed by atoms with van der Waals surface area (Å²) in [7, 11) is 1.54. The van der Waals surface area contributed by atoms with E-state index in [4.69, 9.17) is 10.5 Å². The van der Waals surface area contributed by atoms with Crippen LogP contribution in [-0.4, -0.2) is 29.9 Å². The Kier molecular flexibility index (Phi) is 10.0. The number of carbonyl (C=O) groups is 2. The molecule has 3 rings (SSSR count). The summed E-state index contributed by atoms with van der Waals surface area (Å²) in [6.07, 6.45) is 5.00. The number of hydrogen-bond acceptors (Lipinski definition) is 5. The van der Waals surface area contributed by atoms with E-state index < -0.39 is 0 Å². The van der Waals surface area contributed by atoms with Crippen molar-refractivity contribution >= 4 is 42.3 Å². The molecule has 164 valence electrons. The van der Waals surface area contributed by atoms with E-state index in [1.54, 1.807) is 19.2 Å². The number of carbonyl (C=O) groups excluding carboxylic acids is 2. The first-order chi connectivity index (χ1) is 13.5. The maximum absolute atomic E-state index is 12.7. The van der Waals surface area contributed by atoms with Crippen LogP contribution in [0.15, 0.2) is 36.5 Å². The highest BCUT2D eigenvalue weighted by Gasteiger charge is 2.26. The third-order valence-electron chi connectivity index (χ3n) is 4.90. The predicted octanol–water partition coefficient (Wildman–Crippen LogP) is 3.84. The van der Waals surface area contributed by atoms with Crippen LogP contribution in [0.1, 0.15) is 41.7 Å². The molecule has 2 amide bonds. The van der Waals surface area contributed by atoms with Crippen LogP contribution in [0.3, 0.4) is 0 Å². The summed E-state index contributed by atoms with van der Waals surface area (Å²) in [6, 6.07) is 8.90. The van der Waals surface area contributed by atoms with E-state index in [-0.39, 0.29) is 54.3 Å². The van der Waals surface area contributed by atoms with Gasteiger partial charge in [0.15, 0.2) is 5.75 Å². The van der Waals surface area contributed by atoms with Crippen molar-refractivity contribution in [1.29, 1.82) is 0 Å². The van der Waals surface area contributed by atoms with E-state index in [2.05, 4.69) is 15.6 Å². The fourth-order valence-corrected chi connectivity index (χ4v) is 3.37. The van der Waals surface area contributed by atoms with Gasteiger partial charge >= 0.3 is 0 Å². The molecule has 0 spiro atoms. The first-order valence-electron chi connectivity index (χ1n) is 9.49. The summed E-state index contributed by atoms with van der Waals surface area (Å²) >= 11 is 0. The number of aryl methyl sites for hydroxylation is 1. The van der Waals surface area contributed by atoms with Crippen LogP contribution in [0.25, 0.3) is 0 Å². The Bertz CT molecular complexity index is 879. The number of hydrogen-bond donors (Lipinski definition) is 3. The van der Waals surface area contributed by atoms with Crippen molar-refractivity contribution in [2.45, 2.75) is 38.6 Å². The molecule has 2 unspecified atom stereocenters. The highest BCUT2D eigenvalue weighted by Crippen LogP contribution is 2.32. The molecule has 1 aromatic carbocycles. The molecule has 1 aliphatic carbocycles. The lowest BCUT2D eigenvalue weighted by Gasteiger charge is -2.26. The van der Waals surface area contributed by atoms with E-state index >= 15 is 0 Å². The minimum atomic E-state index is -0.295. The molecule has 0 bridgehead atoms. The average Bonchev–Trinajstić information content (AvgIpc) is 2.69. The lowest BCUT2D eigenvalue weighted by Crippen LogP contribution is -2.34. The van der Waals surface area contributed by atoms with Gasteiger partial charge in [0.2, 0.25) is 5.91 Å². The summed E-state index contributed by atoms with van der Waals surface area (Å²) < 4.78 is 5.98. The number of benzene rings is 1. The highest BCUT2D eigenvalue weighted by molar-refractivity contribution is 5.94. The van der Waals surface area contributed by atoms with Crippen molar-refractivity contribution in [1.82, 2.24) is 10.3 Å². The van der Waals surface area contributed by atoms with Crippen molar-refractivity contribution in [2.24, 2.45) is 11.7 Å². The Labute approximate surface area is 189 Å². The normalized spacial score (nSPS) is 17.7. The molecule has 9 heteroatoms. The molecule has 2 aromatic rings. The number of aromatic nitrogens is 1. The molecule has 1 aromatic heterocycles. The van der Waals surface area contributed by atoms with Gasteiger partial charge in [-0.25, -0.2) is 0 Å². The smallest absolute Gasteiger partial charge is 0.269 e. The number of rotatable bonds is 5. The third-order valence-corrected chi connectivity index (χ3v) is 4.90. The third kappa shape index (κ3) is 6.58. The maximum Gasteiger partial charge on any atom is 0.269 e. The minimum Gasteiger partial charge on any atom is -0.455 e. The fourth-order valence-electron chi connectivity index (χ4n) is 3.37. The number of halogens is 2. The molecular formula is C21H28Cl2N4O3. The summed E-state index contributed by atoms with van der Waals surface area (Å²) in [5, 5.41) is 5.52. The largest absolute Gasteiger partial charge is 0.455 e. The van der Waals surface area contributed by atoms with Gasteiger partial charge < -0.3 is 21.1 Å². The summed E-state index contributed by atoms with van der Waals surface area (Å²) in [6.45, 7) is 1.95. The molecule has 1 saturated carbocycles. The van der Waals surface area contributed by atoms with Gasteiger partial charge in [0.25, 0.3) is 5.91 Å². The molecule has 7 nitrogen and oxygen atoms in total. The quantitative estimate of drug-likeness (QED) is 0.635. The van der Waals surface area contributed by atoms with Gasteiger partial charge in [-0.2, -0.15) is 0 Å². The molecule has 1 fully saturated rings. The zero-order valence-electron chi connectivity index (χ0n) is 17.0. The van der Waals surface area contributed by atoms with Crippen LogP contribution in [0, 0.1) is 12.8 Å². The van der Waals surface area contributed by atoms with Crippen LogP contribution < -0.4 is 21.1 Å². The van der Waals surface area contributed by atoms with Crippen LogP contribution in [0.2, 0.25) is 0 Å². The maximum atomic E-state index is 12.7. The number of pyridine rings is 1. The lowest BCUT2D eigenvalue weighted by molar-refractivity contribution is -0.120. The van der Waals surface area contributed by atoms with Crippen LogP contribution in [0.5, 0.6) is 11.5 Å². The summed E-state index contributed by atoms with van der Waals surface area (Å²) in [5.41, 5.74) is 7.86.